The lowest BCUT2D eigenvalue weighted by Gasteiger charge is -2.23. The summed E-state index contributed by atoms with van der Waals surface area (Å²) >= 11 is 1.33. The maximum Gasteiger partial charge on any atom is 0.262 e. The number of amides is 1. The Kier molecular flexibility index (Phi) is 6.90. The fourth-order valence-corrected chi connectivity index (χ4v) is 3.92. The van der Waals surface area contributed by atoms with Gasteiger partial charge in [0.25, 0.3) is 5.56 Å². The minimum atomic E-state index is -0.0337. The molecule has 0 unspecified atom stereocenters. The van der Waals surface area contributed by atoms with Crippen LogP contribution >= 0.6 is 11.8 Å². The number of nitrogens with one attached hydrogen (secondary N) is 1. The van der Waals surface area contributed by atoms with E-state index < -0.39 is 0 Å². The van der Waals surface area contributed by atoms with Gasteiger partial charge in [-0.3, -0.25) is 14.2 Å². The predicted molar refractivity (Wildman–Crippen MR) is 108 cm³/mol. The van der Waals surface area contributed by atoms with Crippen LogP contribution in [-0.4, -0.2) is 40.5 Å². The number of aromatic nitrogens is 2. The minimum absolute atomic E-state index is 0.0234. The van der Waals surface area contributed by atoms with Crippen molar-refractivity contribution in [3.63, 3.8) is 0 Å². The molecule has 1 N–H and O–H groups in total. The van der Waals surface area contributed by atoms with Crippen LogP contribution in [0.3, 0.4) is 0 Å². The average Bonchev–Trinajstić information content (AvgIpc) is 2.66. The summed E-state index contributed by atoms with van der Waals surface area (Å²) < 4.78 is 7.04. The molecule has 3 rings (SSSR count). The third-order valence-corrected chi connectivity index (χ3v) is 5.65. The molecule has 1 saturated heterocycles. The lowest BCUT2D eigenvalue weighted by molar-refractivity contribution is -0.119. The van der Waals surface area contributed by atoms with Crippen LogP contribution in [0.15, 0.2) is 34.2 Å². The second kappa shape index (κ2) is 9.37. The van der Waals surface area contributed by atoms with E-state index in [2.05, 4.69) is 24.1 Å². The molecule has 0 atom stereocenters. The van der Waals surface area contributed by atoms with E-state index in [9.17, 15) is 9.59 Å². The van der Waals surface area contributed by atoms with Gasteiger partial charge in [0.1, 0.15) is 0 Å². The lowest BCUT2D eigenvalue weighted by atomic mass is 10.1. The molecule has 0 saturated carbocycles. The van der Waals surface area contributed by atoms with Crippen LogP contribution < -0.4 is 10.9 Å². The number of hydrogen-bond acceptors (Lipinski definition) is 5. The van der Waals surface area contributed by atoms with Gasteiger partial charge < -0.3 is 10.1 Å². The first-order valence-electron chi connectivity index (χ1n) is 9.54. The van der Waals surface area contributed by atoms with Gasteiger partial charge in [-0.25, -0.2) is 4.98 Å². The van der Waals surface area contributed by atoms with Crippen molar-refractivity contribution in [1.29, 1.82) is 0 Å². The molecule has 1 aromatic carbocycles. The molecular formula is C20H27N3O3S. The predicted octanol–water partition coefficient (Wildman–Crippen LogP) is 2.83. The number of para-hydroxylation sites is 1. The standard InChI is InChI=1S/C20H27N3O3S/c1-14(2)7-10-23-19(25)16-5-3-4-6-17(16)22-20(23)27-13-18(24)21-15-8-11-26-12-9-15/h3-6,14-15H,7-13H2,1-2H3,(H,21,24). The lowest BCUT2D eigenvalue weighted by Crippen LogP contribution is -2.39. The van der Waals surface area contributed by atoms with E-state index in [1.807, 2.05) is 24.3 Å². The molecule has 0 radical (unpaired) electrons. The van der Waals surface area contributed by atoms with Gasteiger partial charge in [-0.1, -0.05) is 37.7 Å². The van der Waals surface area contributed by atoms with Gasteiger partial charge in [0.2, 0.25) is 5.91 Å². The molecule has 27 heavy (non-hydrogen) atoms. The fourth-order valence-electron chi connectivity index (χ4n) is 3.08. The molecule has 1 aliphatic rings. The largest absolute Gasteiger partial charge is 0.381 e. The van der Waals surface area contributed by atoms with Crippen LogP contribution in [0.25, 0.3) is 10.9 Å². The molecule has 1 fully saturated rings. The normalized spacial score (nSPS) is 15.4. The van der Waals surface area contributed by atoms with Crippen molar-refractivity contribution >= 4 is 28.6 Å². The zero-order chi connectivity index (χ0) is 19.2. The van der Waals surface area contributed by atoms with E-state index in [0.29, 0.717) is 41.7 Å². The molecule has 6 nitrogen and oxygen atoms in total. The molecular weight excluding hydrogens is 362 g/mol. The van der Waals surface area contributed by atoms with Crippen molar-refractivity contribution in [2.24, 2.45) is 5.92 Å². The summed E-state index contributed by atoms with van der Waals surface area (Å²) in [5, 5.41) is 4.29. The Morgan fingerprint density at radius 2 is 2.07 bits per heavy atom. The molecule has 1 amide bonds. The molecule has 2 heterocycles. The maximum absolute atomic E-state index is 12.9. The fraction of sp³-hybridized carbons (Fsp3) is 0.550. The van der Waals surface area contributed by atoms with Crippen molar-refractivity contribution in [3.05, 3.63) is 34.6 Å². The summed E-state index contributed by atoms with van der Waals surface area (Å²) in [6.45, 7) is 6.26. The Morgan fingerprint density at radius 3 is 2.81 bits per heavy atom. The summed E-state index contributed by atoms with van der Waals surface area (Å²) in [6, 6.07) is 7.56. The van der Waals surface area contributed by atoms with Crippen LogP contribution in [0, 0.1) is 5.92 Å². The van der Waals surface area contributed by atoms with Crippen molar-refractivity contribution < 1.29 is 9.53 Å². The number of rotatable bonds is 7. The third-order valence-electron chi connectivity index (χ3n) is 4.68. The highest BCUT2D eigenvalue weighted by atomic mass is 32.2. The second-order valence-corrected chi connectivity index (χ2v) is 8.24. The van der Waals surface area contributed by atoms with E-state index in [1.165, 1.54) is 11.8 Å². The zero-order valence-electron chi connectivity index (χ0n) is 15.9. The summed E-state index contributed by atoms with van der Waals surface area (Å²) in [7, 11) is 0. The van der Waals surface area contributed by atoms with Crippen molar-refractivity contribution in [3.8, 4) is 0 Å². The highest BCUT2D eigenvalue weighted by molar-refractivity contribution is 7.99. The number of hydrogen-bond donors (Lipinski definition) is 1. The molecule has 0 aliphatic carbocycles. The van der Waals surface area contributed by atoms with Crippen LogP contribution in [0.2, 0.25) is 0 Å². The monoisotopic (exact) mass is 389 g/mol. The Balaban J connectivity index is 1.76. The van der Waals surface area contributed by atoms with Gasteiger partial charge in [0.05, 0.1) is 16.7 Å². The second-order valence-electron chi connectivity index (χ2n) is 7.29. The zero-order valence-corrected chi connectivity index (χ0v) is 16.8. The van der Waals surface area contributed by atoms with Gasteiger partial charge >= 0.3 is 0 Å². The first-order valence-corrected chi connectivity index (χ1v) is 10.5. The average molecular weight is 390 g/mol. The van der Waals surface area contributed by atoms with Crippen molar-refractivity contribution in [2.75, 3.05) is 19.0 Å². The molecule has 146 valence electrons. The Morgan fingerprint density at radius 1 is 1.33 bits per heavy atom. The number of ether oxygens (including phenoxy) is 1. The molecule has 1 aliphatic heterocycles. The quantitative estimate of drug-likeness (QED) is 0.582. The molecule has 1 aromatic heterocycles. The first kappa shape index (κ1) is 19.9. The van der Waals surface area contributed by atoms with Crippen molar-refractivity contribution in [2.45, 2.75) is 50.9 Å². The van der Waals surface area contributed by atoms with Gasteiger partial charge in [-0.05, 0) is 37.3 Å². The van der Waals surface area contributed by atoms with Crippen LogP contribution in [0.4, 0.5) is 0 Å². The Hall–Kier alpha value is -1.86. The van der Waals surface area contributed by atoms with E-state index in [4.69, 9.17) is 4.74 Å². The van der Waals surface area contributed by atoms with E-state index in [1.54, 1.807) is 4.57 Å². The minimum Gasteiger partial charge on any atom is -0.381 e. The van der Waals surface area contributed by atoms with Gasteiger partial charge in [0.15, 0.2) is 5.16 Å². The van der Waals surface area contributed by atoms with Gasteiger partial charge in [-0.2, -0.15) is 0 Å². The summed E-state index contributed by atoms with van der Waals surface area (Å²) in [6.07, 6.45) is 2.59. The highest BCUT2D eigenvalue weighted by Crippen LogP contribution is 2.19. The molecule has 0 bridgehead atoms. The van der Waals surface area contributed by atoms with Crippen LogP contribution in [-0.2, 0) is 16.1 Å². The van der Waals surface area contributed by atoms with Crippen LogP contribution in [0.1, 0.15) is 33.1 Å². The summed E-state index contributed by atoms with van der Waals surface area (Å²) in [4.78, 5) is 29.9. The molecule has 2 aromatic rings. The highest BCUT2D eigenvalue weighted by Gasteiger charge is 2.18. The maximum atomic E-state index is 12.9. The number of fused-ring (bicyclic) bond motifs is 1. The Bertz CT molecular complexity index is 844. The number of thioether (sulfide) groups is 1. The first-order chi connectivity index (χ1) is 13.0. The molecule has 7 heteroatoms. The van der Waals surface area contributed by atoms with E-state index >= 15 is 0 Å². The summed E-state index contributed by atoms with van der Waals surface area (Å²) in [5.74, 6) is 0.715. The smallest absolute Gasteiger partial charge is 0.262 e. The number of carbonyl (C=O) groups excluding carboxylic acids is 1. The van der Waals surface area contributed by atoms with Crippen molar-refractivity contribution in [1.82, 2.24) is 14.9 Å². The number of benzene rings is 1. The van der Waals surface area contributed by atoms with E-state index in [-0.39, 0.29) is 23.3 Å². The van der Waals surface area contributed by atoms with Gasteiger partial charge in [-0.15, -0.1) is 0 Å². The SMILES string of the molecule is CC(C)CCn1c(SCC(=O)NC2CCOCC2)nc2ccccc2c1=O. The van der Waals surface area contributed by atoms with Gasteiger partial charge in [0, 0.05) is 25.8 Å². The molecule has 0 spiro atoms. The topological polar surface area (TPSA) is 73.2 Å². The third kappa shape index (κ3) is 5.32. The Labute approximate surface area is 163 Å². The van der Waals surface area contributed by atoms with Crippen LogP contribution in [0.5, 0.6) is 0 Å². The number of carbonyl (C=O) groups is 1. The summed E-state index contributed by atoms with van der Waals surface area (Å²) in [5.41, 5.74) is 0.643. The van der Waals surface area contributed by atoms with E-state index in [0.717, 1.165) is 19.3 Å². The number of nitrogens with zero attached hydrogens (tertiary/aromatic N) is 2.